The van der Waals surface area contributed by atoms with Crippen molar-refractivity contribution in [3.8, 4) is 0 Å². The van der Waals surface area contributed by atoms with Gasteiger partial charge in [0.05, 0.1) is 10.8 Å². The number of hydrogen-bond acceptors (Lipinski definition) is 5. The highest BCUT2D eigenvalue weighted by molar-refractivity contribution is 7.33. The molecule has 2 rings (SSSR count). The van der Waals surface area contributed by atoms with Crippen LogP contribution in [0.1, 0.15) is 38.8 Å². The summed E-state index contributed by atoms with van der Waals surface area (Å²) < 4.78 is 22.2. The van der Waals surface area contributed by atoms with E-state index in [1.807, 2.05) is 60.7 Å². The molecule has 2 aromatic rings. The van der Waals surface area contributed by atoms with Crippen molar-refractivity contribution in [3.05, 3.63) is 71.8 Å². The fourth-order valence-corrected chi connectivity index (χ4v) is 3.26. The Bertz CT molecular complexity index is 759. The smallest absolute Gasteiger partial charge is 0.303 e. The summed E-state index contributed by atoms with van der Waals surface area (Å²) in [5.74, 6) is -0.423. The lowest BCUT2D eigenvalue weighted by molar-refractivity contribution is -0.126. The molecule has 0 N–H and O–H groups in total. The Balaban J connectivity index is 1.86. The molecule has 0 spiro atoms. The average Bonchev–Trinajstić information content (AvgIpc) is 2.71. The van der Waals surface area contributed by atoms with E-state index in [0.29, 0.717) is 0 Å². The minimum Gasteiger partial charge on any atom is -0.303 e. The number of benzene rings is 2. The van der Waals surface area contributed by atoms with E-state index in [1.165, 1.54) is 0 Å². The van der Waals surface area contributed by atoms with Crippen LogP contribution in [0.25, 0.3) is 0 Å². The van der Waals surface area contributed by atoms with Crippen LogP contribution in [0.15, 0.2) is 60.7 Å². The maximum atomic E-state index is 12.5. The first-order valence-corrected chi connectivity index (χ1v) is 10.4. The van der Waals surface area contributed by atoms with Gasteiger partial charge in [-0.2, -0.15) is 0 Å². The molecule has 0 aromatic heterocycles. The van der Waals surface area contributed by atoms with E-state index in [2.05, 4.69) is 0 Å². The molecule has 6 heteroatoms. The Hall–Kier alpha value is -2.07. The maximum Gasteiger partial charge on any atom is 0.319 e. The lowest BCUT2D eigenvalue weighted by Gasteiger charge is -2.24. The van der Waals surface area contributed by atoms with E-state index in [0.717, 1.165) is 11.1 Å². The molecule has 0 aliphatic rings. The van der Waals surface area contributed by atoms with Crippen molar-refractivity contribution in [3.63, 3.8) is 0 Å². The number of carbonyl (C=O) groups excluding carboxylic acids is 2. The molecule has 0 atom stereocenters. The number of Topliss-reactive ketones (excluding diaryl/α,β-unsaturated/α-hetero) is 2. The van der Waals surface area contributed by atoms with Crippen molar-refractivity contribution in [1.29, 1.82) is 0 Å². The van der Waals surface area contributed by atoms with Gasteiger partial charge < -0.3 is 9.05 Å². The molecule has 0 heterocycles. The van der Waals surface area contributed by atoms with Gasteiger partial charge in [-0.05, 0) is 38.8 Å². The van der Waals surface area contributed by atoms with Gasteiger partial charge in [0, 0.05) is 0 Å². The predicted molar refractivity (Wildman–Crippen MR) is 110 cm³/mol. The molecule has 0 unspecified atom stereocenters. The molecular formula is C22H27O5P. The van der Waals surface area contributed by atoms with Crippen LogP contribution < -0.4 is 0 Å². The zero-order valence-electron chi connectivity index (χ0n) is 16.7. The van der Waals surface area contributed by atoms with Gasteiger partial charge in [0.25, 0.3) is 0 Å². The third-order valence-corrected chi connectivity index (χ3v) is 5.79. The van der Waals surface area contributed by atoms with Gasteiger partial charge in [-0.1, -0.05) is 60.7 Å². The number of hydrogen-bond donors (Lipinski definition) is 0. The van der Waals surface area contributed by atoms with Crippen molar-refractivity contribution in [2.45, 2.75) is 38.5 Å². The highest BCUT2D eigenvalue weighted by Crippen LogP contribution is 2.30. The Morgan fingerprint density at radius 3 is 1.36 bits per heavy atom. The summed E-state index contributed by atoms with van der Waals surface area (Å²) in [6.45, 7) is 6.48. The molecule has 0 saturated heterocycles. The fourth-order valence-electron chi connectivity index (χ4n) is 2.68. The molecule has 0 aliphatic heterocycles. The zero-order chi connectivity index (χ0) is 20.8. The van der Waals surface area contributed by atoms with Crippen molar-refractivity contribution in [2.24, 2.45) is 0 Å². The van der Waals surface area contributed by atoms with Crippen LogP contribution in [0.5, 0.6) is 0 Å². The van der Waals surface area contributed by atoms with Gasteiger partial charge in [-0.15, -0.1) is 0 Å². The monoisotopic (exact) mass is 402 g/mol. The highest BCUT2D eigenvalue weighted by Gasteiger charge is 2.31. The second-order valence-electron chi connectivity index (χ2n) is 7.66. The van der Waals surface area contributed by atoms with Crippen LogP contribution in [-0.2, 0) is 34.0 Å². The number of ketones is 2. The van der Waals surface area contributed by atoms with Crippen LogP contribution in [0.2, 0.25) is 0 Å². The SMILES string of the molecule is CC(C)(C(=O)CO[PH](=O)OCC(=O)C(C)(C)c1ccccc1)c1ccccc1. The Morgan fingerprint density at radius 2 is 1.04 bits per heavy atom. The summed E-state index contributed by atoms with van der Waals surface area (Å²) in [6, 6.07) is 18.6. The molecule has 0 saturated carbocycles. The van der Waals surface area contributed by atoms with E-state index < -0.39 is 19.1 Å². The lowest BCUT2D eigenvalue weighted by Crippen LogP contribution is -2.32. The summed E-state index contributed by atoms with van der Waals surface area (Å²) in [7, 11) is -2.95. The predicted octanol–water partition coefficient (Wildman–Crippen LogP) is 4.50. The summed E-state index contributed by atoms with van der Waals surface area (Å²) in [5.41, 5.74) is 0.163. The van der Waals surface area contributed by atoms with Gasteiger partial charge in [-0.25, -0.2) is 0 Å². The molecule has 2 aromatic carbocycles. The summed E-state index contributed by atoms with van der Waals surface area (Å²) in [5, 5.41) is 0. The molecule has 5 nitrogen and oxygen atoms in total. The summed E-state index contributed by atoms with van der Waals surface area (Å²) in [4.78, 5) is 25.0. The average molecular weight is 402 g/mol. The second kappa shape index (κ2) is 9.42. The quantitative estimate of drug-likeness (QED) is 0.547. The van der Waals surface area contributed by atoms with Crippen LogP contribution in [0.4, 0.5) is 0 Å². The Labute approximate surface area is 167 Å². The van der Waals surface area contributed by atoms with Crippen molar-refractivity contribution in [2.75, 3.05) is 13.2 Å². The molecular weight excluding hydrogens is 375 g/mol. The molecule has 0 bridgehead atoms. The van der Waals surface area contributed by atoms with Gasteiger partial charge in [0.1, 0.15) is 13.2 Å². The first-order chi connectivity index (χ1) is 13.2. The van der Waals surface area contributed by atoms with Crippen molar-refractivity contribution >= 4 is 19.8 Å². The first kappa shape index (κ1) is 22.2. The molecule has 0 fully saturated rings. The number of rotatable bonds is 10. The molecule has 150 valence electrons. The number of carbonyl (C=O) groups is 2. The minimum atomic E-state index is -2.95. The second-order valence-corrected chi connectivity index (χ2v) is 8.73. The largest absolute Gasteiger partial charge is 0.319 e. The van der Waals surface area contributed by atoms with Gasteiger partial charge in [-0.3, -0.25) is 14.2 Å². The van der Waals surface area contributed by atoms with E-state index >= 15 is 0 Å². The topological polar surface area (TPSA) is 69.7 Å². The molecule has 0 radical (unpaired) electrons. The Kier molecular flexibility index (Phi) is 7.48. The molecule has 28 heavy (non-hydrogen) atoms. The van der Waals surface area contributed by atoms with E-state index in [-0.39, 0.29) is 24.8 Å². The zero-order valence-corrected chi connectivity index (χ0v) is 17.7. The van der Waals surface area contributed by atoms with E-state index in [4.69, 9.17) is 9.05 Å². The van der Waals surface area contributed by atoms with Crippen molar-refractivity contribution < 1.29 is 23.2 Å². The minimum absolute atomic E-state index is 0.211. The van der Waals surface area contributed by atoms with Crippen LogP contribution in [0.3, 0.4) is 0 Å². The van der Waals surface area contributed by atoms with E-state index in [9.17, 15) is 14.2 Å². The Morgan fingerprint density at radius 1 is 0.714 bits per heavy atom. The maximum absolute atomic E-state index is 12.5. The molecule has 0 aliphatic carbocycles. The fraction of sp³-hybridized carbons (Fsp3) is 0.364. The third kappa shape index (κ3) is 5.48. The normalized spacial score (nSPS) is 12.2. The van der Waals surface area contributed by atoms with Gasteiger partial charge in [0.15, 0.2) is 11.6 Å². The highest BCUT2D eigenvalue weighted by atomic mass is 31.1. The summed E-state index contributed by atoms with van der Waals surface area (Å²) in [6.07, 6.45) is 0. The van der Waals surface area contributed by atoms with Gasteiger partial charge >= 0.3 is 8.25 Å². The van der Waals surface area contributed by atoms with Crippen LogP contribution >= 0.6 is 8.25 Å². The molecule has 0 amide bonds. The third-order valence-electron chi connectivity index (χ3n) is 5.03. The van der Waals surface area contributed by atoms with Crippen molar-refractivity contribution in [1.82, 2.24) is 0 Å². The summed E-state index contributed by atoms with van der Waals surface area (Å²) >= 11 is 0. The standard InChI is InChI=1S/C22H27O5P/c1-21(2,17-11-7-5-8-12-17)19(23)15-26-28(25)27-16-20(24)22(3,4)18-13-9-6-10-14-18/h5-14,28H,15-16H2,1-4H3. The van der Waals surface area contributed by atoms with Crippen LogP contribution in [-0.4, -0.2) is 24.8 Å². The van der Waals surface area contributed by atoms with Crippen LogP contribution in [0, 0.1) is 0 Å². The first-order valence-electron chi connectivity index (χ1n) is 9.13. The van der Waals surface area contributed by atoms with E-state index in [1.54, 1.807) is 27.7 Å². The lowest BCUT2D eigenvalue weighted by atomic mass is 9.81. The van der Waals surface area contributed by atoms with Gasteiger partial charge in [0.2, 0.25) is 0 Å².